The Bertz CT molecular complexity index is 688. The van der Waals surface area contributed by atoms with Crippen molar-refractivity contribution in [3.63, 3.8) is 0 Å². The molecule has 0 atom stereocenters. The van der Waals surface area contributed by atoms with Crippen molar-refractivity contribution in [1.82, 2.24) is 0 Å². The molecule has 0 spiro atoms. The van der Waals surface area contributed by atoms with E-state index in [4.69, 9.17) is 19.7 Å². The molecule has 0 saturated heterocycles. The number of benzene rings is 2. The van der Waals surface area contributed by atoms with Gasteiger partial charge in [0.2, 0.25) is 0 Å². The van der Waals surface area contributed by atoms with Gasteiger partial charge in [0.15, 0.2) is 0 Å². The molecule has 0 heterocycles. The maximum Gasteiger partial charge on any atom is -0.412 e. The molecular formula is C24H38O7Sn2. The normalized spacial score (nSPS) is 8.67. The van der Waals surface area contributed by atoms with Crippen LogP contribution in [-0.4, -0.2) is 84.1 Å². The number of carboxylic acid groups (broad SMARTS) is 2. The molecule has 0 aliphatic heterocycles. The van der Waals surface area contributed by atoms with E-state index in [0.717, 1.165) is 0 Å². The SMILES string of the molecule is COc1ccccc1C(=O)O.COc1ccccc1C(=O)O.C[CH2][Sn][CH2]C.C[CH2][Sn][CH2]C.O. The van der Waals surface area contributed by atoms with Gasteiger partial charge < -0.3 is 25.2 Å². The molecule has 0 amide bonds. The van der Waals surface area contributed by atoms with Crippen LogP contribution in [0.5, 0.6) is 11.5 Å². The first kappa shape index (κ1) is 36.1. The summed E-state index contributed by atoms with van der Waals surface area (Å²) in [4.78, 5) is 21.0. The van der Waals surface area contributed by atoms with Gasteiger partial charge in [-0.2, -0.15) is 0 Å². The van der Waals surface area contributed by atoms with Crippen molar-refractivity contribution < 1.29 is 34.8 Å². The summed E-state index contributed by atoms with van der Waals surface area (Å²) < 4.78 is 15.7. The van der Waals surface area contributed by atoms with Crippen molar-refractivity contribution in [1.29, 1.82) is 0 Å². The number of carboxylic acids is 2. The summed E-state index contributed by atoms with van der Waals surface area (Å²) in [5.74, 6) is -1.16. The van der Waals surface area contributed by atoms with Crippen LogP contribution in [0.1, 0.15) is 48.4 Å². The number of hydrogen-bond acceptors (Lipinski definition) is 4. The van der Waals surface area contributed by atoms with Gasteiger partial charge in [-0.05, 0) is 24.3 Å². The molecule has 33 heavy (non-hydrogen) atoms. The predicted molar refractivity (Wildman–Crippen MR) is 137 cm³/mol. The molecule has 0 aromatic heterocycles. The number of carbonyl (C=O) groups is 2. The Kier molecular flexibility index (Phi) is 27.5. The third kappa shape index (κ3) is 18.6. The topological polar surface area (TPSA) is 125 Å². The quantitative estimate of drug-likeness (QED) is 0.376. The zero-order valence-electron chi connectivity index (χ0n) is 20.5. The third-order valence-corrected chi connectivity index (χ3v) is 9.38. The van der Waals surface area contributed by atoms with Gasteiger partial charge in [0.05, 0.1) is 14.2 Å². The van der Waals surface area contributed by atoms with Crippen molar-refractivity contribution >= 4 is 54.2 Å². The molecule has 0 saturated carbocycles. The van der Waals surface area contributed by atoms with E-state index < -0.39 is 11.9 Å². The minimum atomic E-state index is -0.970. The van der Waals surface area contributed by atoms with Gasteiger partial charge in [-0.3, -0.25) is 0 Å². The number of ether oxygens (including phenoxy) is 2. The van der Waals surface area contributed by atoms with E-state index in [9.17, 15) is 9.59 Å². The Morgan fingerprint density at radius 3 is 1.09 bits per heavy atom. The molecule has 0 aliphatic rings. The van der Waals surface area contributed by atoms with Crippen LogP contribution in [-0.2, 0) is 0 Å². The molecule has 0 bridgehead atoms. The van der Waals surface area contributed by atoms with E-state index in [1.807, 2.05) is 0 Å². The van der Waals surface area contributed by atoms with Crippen molar-refractivity contribution in [3.05, 3.63) is 59.7 Å². The summed E-state index contributed by atoms with van der Waals surface area (Å²) in [5, 5.41) is 17.2. The van der Waals surface area contributed by atoms with Crippen LogP contribution in [0.4, 0.5) is 0 Å². The van der Waals surface area contributed by atoms with Crippen LogP contribution < -0.4 is 9.47 Å². The monoisotopic (exact) mass is 678 g/mol. The number of methoxy groups -OCH3 is 2. The molecule has 0 aliphatic carbocycles. The Balaban J connectivity index is -0.000000386. The first-order valence-electron chi connectivity index (χ1n) is 10.5. The summed E-state index contributed by atoms with van der Waals surface area (Å²) >= 11 is 0.436. The Hall–Kier alpha value is -1.46. The third-order valence-electron chi connectivity index (χ3n) is 3.67. The number of aromatic carboxylic acids is 2. The van der Waals surface area contributed by atoms with E-state index >= 15 is 0 Å². The van der Waals surface area contributed by atoms with Crippen molar-refractivity contribution in [3.8, 4) is 11.5 Å². The van der Waals surface area contributed by atoms with Gasteiger partial charge in [-0.25, -0.2) is 9.59 Å². The fraction of sp³-hybridized carbons (Fsp3) is 0.417. The van der Waals surface area contributed by atoms with Gasteiger partial charge in [0.25, 0.3) is 0 Å². The van der Waals surface area contributed by atoms with Gasteiger partial charge in [-0.15, -0.1) is 0 Å². The van der Waals surface area contributed by atoms with Crippen LogP contribution in [0, 0.1) is 0 Å². The summed E-state index contributed by atoms with van der Waals surface area (Å²) in [7, 11) is 2.89. The smallest absolute Gasteiger partial charge is 0.412 e. The first-order valence-corrected chi connectivity index (χ1v) is 18.6. The number of hydrogen-bond donors (Lipinski definition) is 2. The Morgan fingerprint density at radius 2 is 0.939 bits per heavy atom. The van der Waals surface area contributed by atoms with E-state index in [-0.39, 0.29) is 58.9 Å². The molecule has 4 radical (unpaired) electrons. The molecule has 2 rings (SSSR count). The van der Waals surface area contributed by atoms with Gasteiger partial charge in [0, 0.05) is 0 Å². The molecule has 2 aromatic carbocycles. The molecular weight excluding hydrogens is 638 g/mol. The van der Waals surface area contributed by atoms with Crippen LogP contribution in [0.2, 0.25) is 17.7 Å². The van der Waals surface area contributed by atoms with E-state index in [1.165, 1.54) is 44.1 Å². The second-order valence-corrected chi connectivity index (χ2v) is 16.9. The fourth-order valence-corrected chi connectivity index (χ4v) is 5.00. The van der Waals surface area contributed by atoms with Crippen LogP contribution in [0.25, 0.3) is 0 Å². The standard InChI is InChI=1S/2C8H8O3.4C2H5.H2O.2Sn/c2*1-11-7-5-3-2-4-6(7)8(9)10;4*1-2;;;/h2*2-5H,1H3,(H,9,10);4*1H2,2H3;1H2;;. The minimum Gasteiger partial charge on any atom is -0.412 e. The second kappa shape index (κ2) is 25.2. The molecule has 7 nitrogen and oxygen atoms in total. The number of para-hydroxylation sites is 2. The average molecular weight is 676 g/mol. The zero-order chi connectivity index (χ0) is 24.8. The van der Waals surface area contributed by atoms with Gasteiger partial charge in [-0.1, -0.05) is 24.3 Å². The summed E-state index contributed by atoms with van der Waals surface area (Å²) in [5.41, 5.74) is 0.380. The van der Waals surface area contributed by atoms with Crippen molar-refractivity contribution in [2.45, 2.75) is 45.4 Å². The predicted octanol–water partition coefficient (Wildman–Crippen LogP) is 5.10. The molecule has 9 heteroatoms. The largest absolute Gasteiger partial charge is 0.412 e. The average Bonchev–Trinajstić information content (AvgIpc) is 2.81. The maximum absolute atomic E-state index is 10.5. The Labute approximate surface area is 218 Å². The second-order valence-electron chi connectivity index (χ2n) is 5.93. The van der Waals surface area contributed by atoms with E-state index in [2.05, 4.69) is 27.7 Å². The van der Waals surface area contributed by atoms with E-state index in [0.29, 0.717) is 11.5 Å². The van der Waals surface area contributed by atoms with Gasteiger partial charge >= 0.3 is 99.7 Å². The van der Waals surface area contributed by atoms with Crippen LogP contribution >= 0.6 is 0 Å². The Morgan fingerprint density at radius 1 is 0.667 bits per heavy atom. The molecule has 0 fully saturated rings. The fourth-order valence-electron chi connectivity index (χ4n) is 2.14. The first-order chi connectivity index (χ1) is 15.3. The van der Waals surface area contributed by atoms with Crippen molar-refractivity contribution in [2.24, 2.45) is 0 Å². The summed E-state index contributed by atoms with van der Waals surface area (Å²) in [6.07, 6.45) is 0. The molecule has 4 N–H and O–H groups in total. The van der Waals surface area contributed by atoms with Gasteiger partial charge in [0.1, 0.15) is 22.6 Å². The van der Waals surface area contributed by atoms with Crippen LogP contribution in [0.15, 0.2) is 48.5 Å². The zero-order valence-corrected chi connectivity index (χ0v) is 26.2. The summed E-state index contributed by atoms with van der Waals surface area (Å²) in [6.45, 7) is 9.15. The molecule has 2 aromatic rings. The molecule has 0 unspecified atom stereocenters. The minimum absolute atomic E-state index is 0. The maximum atomic E-state index is 10.5. The molecule has 184 valence electrons. The number of rotatable bonds is 8. The van der Waals surface area contributed by atoms with Crippen LogP contribution in [0.3, 0.4) is 0 Å². The van der Waals surface area contributed by atoms with E-state index in [1.54, 1.807) is 36.4 Å². The summed E-state index contributed by atoms with van der Waals surface area (Å²) in [6, 6.07) is 13.0. The van der Waals surface area contributed by atoms with Crippen molar-refractivity contribution in [2.75, 3.05) is 14.2 Å².